The molecule has 2 unspecified atom stereocenters. The lowest BCUT2D eigenvalue weighted by molar-refractivity contribution is 0.457. The minimum Gasteiger partial charge on any atom is -0.369 e. The third-order valence-electron chi connectivity index (χ3n) is 3.73. The van der Waals surface area contributed by atoms with Crippen molar-refractivity contribution in [2.45, 2.75) is 18.2 Å². The maximum absolute atomic E-state index is 4.53. The van der Waals surface area contributed by atoms with Crippen LogP contribution in [0.5, 0.6) is 0 Å². The molecule has 2 atom stereocenters. The van der Waals surface area contributed by atoms with Gasteiger partial charge in [0.25, 0.3) is 0 Å². The number of halogens is 2. The fourth-order valence-electron chi connectivity index (χ4n) is 2.49. The molecule has 0 spiro atoms. The molecule has 1 fully saturated rings. The van der Waals surface area contributed by atoms with Gasteiger partial charge in [-0.15, -0.1) is 0 Å². The third kappa shape index (κ3) is 2.63. The molecule has 100 valence electrons. The van der Waals surface area contributed by atoms with Gasteiger partial charge in [-0.2, -0.15) is 0 Å². The SMILES string of the molecule is CC1CCN(c2ccnc3cc(Br)cnc23)CC1Br. The molecular weight excluding hydrogens is 370 g/mol. The van der Waals surface area contributed by atoms with Crippen LogP contribution in [0.2, 0.25) is 0 Å². The van der Waals surface area contributed by atoms with Gasteiger partial charge in [-0.3, -0.25) is 9.97 Å². The van der Waals surface area contributed by atoms with E-state index >= 15 is 0 Å². The van der Waals surface area contributed by atoms with Gasteiger partial charge < -0.3 is 4.90 Å². The zero-order chi connectivity index (χ0) is 13.4. The van der Waals surface area contributed by atoms with Crippen molar-refractivity contribution in [2.24, 2.45) is 5.92 Å². The first-order valence-electron chi connectivity index (χ1n) is 6.44. The minimum atomic E-state index is 0.542. The van der Waals surface area contributed by atoms with Gasteiger partial charge in [0.15, 0.2) is 0 Å². The van der Waals surface area contributed by atoms with E-state index in [1.807, 2.05) is 18.5 Å². The van der Waals surface area contributed by atoms with Gasteiger partial charge in [-0.25, -0.2) is 0 Å². The fraction of sp³-hybridized carbons (Fsp3) is 0.429. The summed E-state index contributed by atoms with van der Waals surface area (Å²) in [6.45, 7) is 4.41. The van der Waals surface area contributed by atoms with Crippen molar-refractivity contribution in [1.82, 2.24) is 9.97 Å². The van der Waals surface area contributed by atoms with Gasteiger partial charge in [0, 0.05) is 34.8 Å². The Kier molecular flexibility index (Phi) is 3.76. The first-order valence-corrected chi connectivity index (χ1v) is 8.15. The first kappa shape index (κ1) is 13.3. The minimum absolute atomic E-state index is 0.542. The molecule has 0 aromatic carbocycles. The second-order valence-corrected chi connectivity index (χ2v) is 7.17. The Hall–Kier alpha value is -0.680. The molecule has 5 heteroatoms. The van der Waals surface area contributed by atoms with Crippen LogP contribution in [0.4, 0.5) is 5.69 Å². The number of fused-ring (bicyclic) bond motifs is 1. The average molecular weight is 385 g/mol. The number of anilines is 1. The Morgan fingerprint density at radius 2 is 2.21 bits per heavy atom. The number of rotatable bonds is 1. The molecule has 2 aromatic rings. The van der Waals surface area contributed by atoms with E-state index in [0.29, 0.717) is 4.83 Å². The van der Waals surface area contributed by atoms with Crippen LogP contribution in [0.25, 0.3) is 11.0 Å². The Balaban J connectivity index is 2.01. The van der Waals surface area contributed by atoms with Crippen LogP contribution in [0.3, 0.4) is 0 Å². The molecular formula is C14H15Br2N3. The van der Waals surface area contributed by atoms with E-state index in [2.05, 4.69) is 59.7 Å². The van der Waals surface area contributed by atoms with E-state index in [-0.39, 0.29) is 0 Å². The molecule has 0 bridgehead atoms. The molecule has 19 heavy (non-hydrogen) atoms. The summed E-state index contributed by atoms with van der Waals surface area (Å²) >= 11 is 7.23. The monoisotopic (exact) mass is 383 g/mol. The standard InChI is InChI=1S/C14H15Br2N3/c1-9-3-5-19(8-11(9)16)13-2-4-17-12-6-10(15)7-18-14(12)13/h2,4,6-7,9,11H,3,5,8H2,1H3. The van der Waals surface area contributed by atoms with Crippen molar-refractivity contribution >= 4 is 48.6 Å². The largest absolute Gasteiger partial charge is 0.369 e. The fourth-order valence-corrected chi connectivity index (χ4v) is 3.42. The smallest absolute Gasteiger partial charge is 0.112 e. The lowest BCUT2D eigenvalue weighted by Crippen LogP contribution is -2.40. The Morgan fingerprint density at radius 3 is 3.00 bits per heavy atom. The second kappa shape index (κ2) is 5.37. The zero-order valence-corrected chi connectivity index (χ0v) is 13.9. The average Bonchev–Trinajstić information content (AvgIpc) is 2.41. The van der Waals surface area contributed by atoms with Gasteiger partial charge in [0.2, 0.25) is 0 Å². The molecule has 0 aliphatic carbocycles. The van der Waals surface area contributed by atoms with Crippen molar-refractivity contribution in [3.05, 3.63) is 29.0 Å². The quantitative estimate of drug-likeness (QED) is 0.695. The molecule has 3 nitrogen and oxygen atoms in total. The maximum atomic E-state index is 4.53. The second-order valence-electron chi connectivity index (χ2n) is 5.08. The zero-order valence-electron chi connectivity index (χ0n) is 10.7. The molecule has 3 rings (SSSR count). The van der Waals surface area contributed by atoms with Crippen LogP contribution in [-0.2, 0) is 0 Å². The highest BCUT2D eigenvalue weighted by Crippen LogP contribution is 2.31. The number of aromatic nitrogens is 2. The predicted molar refractivity (Wildman–Crippen MR) is 85.9 cm³/mol. The number of pyridine rings is 2. The van der Waals surface area contributed by atoms with Crippen LogP contribution in [-0.4, -0.2) is 27.9 Å². The predicted octanol–water partition coefficient (Wildman–Crippen LogP) is 4.00. The van der Waals surface area contributed by atoms with Crippen molar-refractivity contribution in [2.75, 3.05) is 18.0 Å². The van der Waals surface area contributed by atoms with Crippen LogP contribution in [0, 0.1) is 5.92 Å². The van der Waals surface area contributed by atoms with Crippen molar-refractivity contribution in [3.63, 3.8) is 0 Å². The van der Waals surface area contributed by atoms with E-state index in [4.69, 9.17) is 0 Å². The number of hydrogen-bond donors (Lipinski definition) is 0. The summed E-state index contributed by atoms with van der Waals surface area (Å²) < 4.78 is 0.968. The van der Waals surface area contributed by atoms with Crippen LogP contribution in [0.1, 0.15) is 13.3 Å². The van der Waals surface area contributed by atoms with Gasteiger partial charge in [-0.05, 0) is 40.4 Å². The van der Waals surface area contributed by atoms with Crippen LogP contribution < -0.4 is 4.90 Å². The Bertz CT molecular complexity index is 602. The lowest BCUT2D eigenvalue weighted by atomic mass is 9.98. The Labute approximate surface area is 129 Å². The number of hydrogen-bond acceptors (Lipinski definition) is 3. The van der Waals surface area contributed by atoms with Crippen molar-refractivity contribution in [1.29, 1.82) is 0 Å². The van der Waals surface area contributed by atoms with E-state index < -0.39 is 0 Å². The molecule has 0 N–H and O–H groups in total. The molecule has 2 aromatic heterocycles. The van der Waals surface area contributed by atoms with E-state index in [1.165, 1.54) is 12.1 Å². The van der Waals surface area contributed by atoms with E-state index in [0.717, 1.165) is 34.5 Å². The summed E-state index contributed by atoms with van der Waals surface area (Å²) in [6, 6.07) is 4.09. The summed E-state index contributed by atoms with van der Waals surface area (Å²) in [4.78, 5) is 11.9. The summed E-state index contributed by atoms with van der Waals surface area (Å²) in [6.07, 6.45) is 4.91. The molecule has 0 saturated carbocycles. The molecule has 1 aliphatic rings. The topological polar surface area (TPSA) is 29.0 Å². The van der Waals surface area contributed by atoms with Gasteiger partial charge >= 0.3 is 0 Å². The highest BCUT2D eigenvalue weighted by atomic mass is 79.9. The van der Waals surface area contributed by atoms with E-state index in [1.54, 1.807) is 0 Å². The summed E-state index contributed by atoms with van der Waals surface area (Å²) in [5, 5.41) is 0. The van der Waals surface area contributed by atoms with Gasteiger partial charge in [0.05, 0.1) is 11.2 Å². The Morgan fingerprint density at radius 1 is 1.37 bits per heavy atom. The van der Waals surface area contributed by atoms with Crippen molar-refractivity contribution < 1.29 is 0 Å². The number of nitrogens with zero attached hydrogens (tertiary/aromatic N) is 3. The third-order valence-corrected chi connectivity index (χ3v) is 5.36. The normalized spacial score (nSPS) is 23.8. The number of piperidine rings is 1. The molecule has 1 aliphatic heterocycles. The molecule has 1 saturated heterocycles. The first-order chi connectivity index (χ1) is 9.15. The van der Waals surface area contributed by atoms with Crippen molar-refractivity contribution in [3.8, 4) is 0 Å². The van der Waals surface area contributed by atoms with E-state index in [9.17, 15) is 0 Å². The summed E-state index contributed by atoms with van der Waals surface area (Å²) in [5.41, 5.74) is 3.12. The lowest BCUT2D eigenvalue weighted by Gasteiger charge is -2.36. The summed E-state index contributed by atoms with van der Waals surface area (Å²) in [7, 11) is 0. The summed E-state index contributed by atoms with van der Waals surface area (Å²) in [5.74, 6) is 0.728. The molecule has 3 heterocycles. The molecule has 0 amide bonds. The molecule has 0 radical (unpaired) electrons. The number of alkyl halides is 1. The van der Waals surface area contributed by atoms with Crippen LogP contribution in [0.15, 0.2) is 29.0 Å². The maximum Gasteiger partial charge on any atom is 0.112 e. The highest BCUT2D eigenvalue weighted by molar-refractivity contribution is 9.10. The van der Waals surface area contributed by atoms with Crippen LogP contribution >= 0.6 is 31.9 Å². The van der Waals surface area contributed by atoms with Gasteiger partial charge in [-0.1, -0.05) is 22.9 Å². The highest BCUT2D eigenvalue weighted by Gasteiger charge is 2.25. The van der Waals surface area contributed by atoms with Gasteiger partial charge in [0.1, 0.15) is 5.52 Å².